The fourth-order valence-corrected chi connectivity index (χ4v) is 8.34. The second-order valence-corrected chi connectivity index (χ2v) is 13.9. The summed E-state index contributed by atoms with van der Waals surface area (Å²) in [6.07, 6.45) is 0. The van der Waals surface area contributed by atoms with Crippen molar-refractivity contribution in [2.45, 2.75) is 79.3 Å². The molecule has 0 amide bonds. The molecule has 1 aromatic carbocycles. The number of thioether (sulfide) groups is 4. The average molecular weight is 530 g/mol. The molecule has 0 saturated heterocycles. The number of phenols is 1. The minimum absolute atomic E-state index is 0.0347. The van der Waals surface area contributed by atoms with Crippen LogP contribution in [0.15, 0.2) is 39.2 Å². The van der Waals surface area contributed by atoms with E-state index < -0.39 is 17.2 Å². The van der Waals surface area contributed by atoms with Crippen LogP contribution in [0, 0.1) is 29.6 Å². The summed E-state index contributed by atoms with van der Waals surface area (Å²) in [5.41, 5.74) is -0.240. The van der Waals surface area contributed by atoms with Gasteiger partial charge in [0.25, 0.3) is 0 Å². The Morgan fingerprint density at radius 3 is 1.65 bits per heavy atom. The van der Waals surface area contributed by atoms with Crippen molar-refractivity contribution in [2.75, 3.05) is 0 Å². The summed E-state index contributed by atoms with van der Waals surface area (Å²) in [5, 5.41) is 30.4. The predicted molar refractivity (Wildman–Crippen MR) is 139 cm³/mol. The van der Waals surface area contributed by atoms with Crippen molar-refractivity contribution in [1.82, 2.24) is 0 Å². The number of carbonyl (C=O) groups is 1. The predicted octanol–water partition coefficient (Wildman–Crippen LogP) is 6.02. The van der Waals surface area contributed by atoms with Gasteiger partial charge in [-0.25, -0.2) is 0 Å². The van der Waals surface area contributed by atoms with E-state index in [1.54, 1.807) is 20.8 Å². The van der Waals surface area contributed by atoms with Crippen molar-refractivity contribution in [1.29, 1.82) is 10.5 Å². The molecule has 2 aliphatic rings. The van der Waals surface area contributed by atoms with E-state index >= 15 is 0 Å². The molecule has 0 aromatic heterocycles. The van der Waals surface area contributed by atoms with Gasteiger partial charge in [0.15, 0.2) is 0 Å². The molecule has 0 bridgehead atoms. The number of benzene rings is 1. The number of nitrogens with zero attached hydrogens (tertiary/aromatic N) is 2. The summed E-state index contributed by atoms with van der Waals surface area (Å²) in [4.78, 5) is 15.3. The Bertz CT molecular complexity index is 1120. The molecule has 1 N–H and O–H groups in total. The molecule has 11 heteroatoms. The SMILES string of the molecule is [B]=C(OC(C)(C)C)/C(C#N)=C1\Sc2c(C)c3c(c(O)c2S1)S/C(=C(/C#N)C(=O)OC(C)(C)C)S3. The van der Waals surface area contributed by atoms with E-state index in [1.807, 2.05) is 33.8 Å². The van der Waals surface area contributed by atoms with Gasteiger partial charge in [-0.2, -0.15) is 0 Å². The van der Waals surface area contributed by atoms with E-state index in [9.17, 15) is 20.4 Å². The maximum atomic E-state index is 12.6. The number of phenolic OH excluding ortho intramolecular Hbond substituents is 1. The van der Waals surface area contributed by atoms with Crippen molar-refractivity contribution < 1.29 is 19.4 Å². The number of fused-ring (bicyclic) bond motifs is 2. The third kappa shape index (κ3) is 5.49. The number of nitriles is 2. The molecule has 0 fully saturated rings. The summed E-state index contributed by atoms with van der Waals surface area (Å²) >= 11 is 5.03. The Labute approximate surface area is 217 Å². The Morgan fingerprint density at radius 1 is 0.824 bits per heavy atom. The number of ether oxygens (including phenoxy) is 2. The van der Waals surface area contributed by atoms with Crippen LogP contribution in [0.2, 0.25) is 0 Å². The molecule has 0 saturated carbocycles. The standard InChI is InChI=1S/C23H22BN2O4S4/c1-10-14-16(33-20(31-14)11(8-25)18(24)29-22(2,3)4)13(27)17-15(10)32-21(34-17)12(9-26)19(28)30-23(5,6)7/h27H,1-7H3/b20-11+,21-12-. The zero-order valence-corrected chi connectivity index (χ0v) is 23.0. The van der Waals surface area contributed by atoms with E-state index in [4.69, 9.17) is 17.0 Å². The number of rotatable bonds is 3. The van der Waals surface area contributed by atoms with Gasteiger partial charge in [-0.1, -0.05) is 0 Å². The van der Waals surface area contributed by atoms with Gasteiger partial charge in [-0.15, -0.1) is 0 Å². The maximum absolute atomic E-state index is 12.6. The van der Waals surface area contributed by atoms with Gasteiger partial charge in [-0.05, 0) is 20.8 Å². The molecule has 6 nitrogen and oxygen atoms in total. The Hall–Kier alpha value is -1.92. The van der Waals surface area contributed by atoms with Crippen molar-refractivity contribution >= 4 is 66.2 Å². The summed E-state index contributed by atoms with van der Waals surface area (Å²) in [6, 6.07) is 4.08. The zero-order valence-electron chi connectivity index (χ0n) is 19.8. The molecular weight excluding hydrogens is 507 g/mol. The van der Waals surface area contributed by atoms with E-state index in [0.717, 1.165) is 15.4 Å². The van der Waals surface area contributed by atoms with Gasteiger partial charge < -0.3 is 0 Å². The van der Waals surface area contributed by atoms with Crippen LogP contribution in [0.1, 0.15) is 47.1 Å². The Balaban J connectivity index is 2.00. The van der Waals surface area contributed by atoms with Gasteiger partial charge in [0.1, 0.15) is 5.60 Å². The van der Waals surface area contributed by atoms with Crippen molar-refractivity contribution in [3.63, 3.8) is 0 Å². The number of aromatic hydroxyl groups is 1. The van der Waals surface area contributed by atoms with Crippen LogP contribution in [0.5, 0.6) is 5.75 Å². The quantitative estimate of drug-likeness (QED) is 0.216. The average Bonchev–Trinajstić information content (AvgIpc) is 3.30. The van der Waals surface area contributed by atoms with Crippen molar-refractivity contribution in [2.24, 2.45) is 0 Å². The molecule has 0 spiro atoms. The van der Waals surface area contributed by atoms with E-state index in [-0.39, 0.29) is 22.5 Å². The van der Waals surface area contributed by atoms with Crippen LogP contribution in [-0.4, -0.2) is 35.4 Å². The van der Waals surface area contributed by atoms with Gasteiger partial charge in [0.05, 0.1) is 0 Å². The van der Waals surface area contributed by atoms with Crippen LogP contribution in [0.4, 0.5) is 0 Å². The van der Waals surface area contributed by atoms with Crippen LogP contribution < -0.4 is 0 Å². The first-order valence-electron chi connectivity index (χ1n) is 10.1. The van der Waals surface area contributed by atoms with Crippen molar-refractivity contribution in [3.8, 4) is 17.9 Å². The molecule has 3 rings (SSSR count). The van der Waals surface area contributed by atoms with Crippen LogP contribution in [0.3, 0.4) is 0 Å². The summed E-state index contributed by atoms with van der Waals surface area (Å²) < 4.78 is 12.2. The van der Waals surface area contributed by atoms with Gasteiger partial charge >= 0.3 is 192 Å². The monoisotopic (exact) mass is 529 g/mol. The summed E-state index contributed by atoms with van der Waals surface area (Å²) in [5.74, 6) is -0.648. The fraction of sp³-hybridized carbons (Fsp3) is 0.391. The molecule has 1 radical (unpaired) electrons. The minimum atomic E-state index is -0.732. The third-order valence-electron chi connectivity index (χ3n) is 4.20. The Morgan fingerprint density at radius 2 is 1.24 bits per heavy atom. The summed E-state index contributed by atoms with van der Waals surface area (Å²) in [6.45, 7) is 12.7. The second kappa shape index (κ2) is 9.62. The molecule has 2 aliphatic heterocycles. The zero-order chi connectivity index (χ0) is 25.6. The molecule has 175 valence electrons. The van der Waals surface area contributed by atoms with Gasteiger partial charge in [0.2, 0.25) is 0 Å². The number of esters is 1. The van der Waals surface area contributed by atoms with E-state index in [1.165, 1.54) is 47.0 Å². The summed E-state index contributed by atoms with van der Waals surface area (Å²) in [7, 11) is 6.08. The molecule has 34 heavy (non-hydrogen) atoms. The van der Waals surface area contributed by atoms with Crippen LogP contribution >= 0.6 is 47.0 Å². The first-order valence-corrected chi connectivity index (χ1v) is 13.4. The molecule has 2 heterocycles. The molecule has 0 aliphatic carbocycles. The Kier molecular flexibility index (Phi) is 7.55. The van der Waals surface area contributed by atoms with E-state index in [0.29, 0.717) is 18.3 Å². The first-order chi connectivity index (χ1) is 15.7. The number of hydrogen-bond acceptors (Lipinski definition) is 10. The second-order valence-electron chi connectivity index (χ2n) is 9.33. The molecule has 0 atom stereocenters. The fourth-order valence-electron chi connectivity index (χ4n) is 2.90. The van der Waals surface area contributed by atoms with Crippen molar-refractivity contribution in [3.05, 3.63) is 25.2 Å². The van der Waals surface area contributed by atoms with Gasteiger partial charge in [0, 0.05) is 0 Å². The molecule has 0 unspecified atom stereocenters. The number of carbonyl (C=O) groups excluding carboxylic acids is 1. The van der Waals surface area contributed by atoms with Crippen LogP contribution in [0.25, 0.3) is 0 Å². The number of hydrogen-bond donors (Lipinski definition) is 1. The molecular formula is C23H22BN2O4S4. The first kappa shape index (κ1) is 26.7. The third-order valence-corrected chi connectivity index (χ3v) is 9.65. The van der Waals surface area contributed by atoms with E-state index in [2.05, 4.69) is 6.07 Å². The molecule has 1 aromatic rings. The topological polar surface area (TPSA) is 103 Å². The normalized spacial score (nSPS) is 17.8. The van der Waals surface area contributed by atoms with Gasteiger partial charge in [-0.3, -0.25) is 0 Å². The van der Waals surface area contributed by atoms with Crippen LogP contribution in [-0.2, 0) is 14.3 Å².